The zero-order valence-corrected chi connectivity index (χ0v) is 20.7. The molecule has 2 aromatic carbocycles. The van der Waals surface area contributed by atoms with Gasteiger partial charge in [0.2, 0.25) is 11.8 Å². The molecule has 0 spiro atoms. The number of hydrogen-bond acceptors (Lipinski definition) is 4. The van der Waals surface area contributed by atoms with Crippen LogP contribution in [0.3, 0.4) is 0 Å². The van der Waals surface area contributed by atoms with E-state index in [0.717, 1.165) is 17.5 Å². The molecule has 1 aliphatic rings. The van der Waals surface area contributed by atoms with Gasteiger partial charge in [0, 0.05) is 31.5 Å². The summed E-state index contributed by atoms with van der Waals surface area (Å²) in [5.41, 5.74) is 4.62. The fourth-order valence-corrected chi connectivity index (χ4v) is 5.40. The Bertz CT molecular complexity index is 1090. The number of methoxy groups -OCH3 is 1. The van der Waals surface area contributed by atoms with Crippen LogP contribution in [0.4, 0.5) is 0 Å². The summed E-state index contributed by atoms with van der Waals surface area (Å²) in [6.45, 7) is 3.60. The number of carbonyl (C=O) groups is 2. The molecule has 1 aromatic heterocycles. The lowest BCUT2D eigenvalue weighted by Crippen LogP contribution is -2.47. The molecular weight excluding hydrogens is 444 g/mol. The zero-order valence-electron chi connectivity index (χ0n) is 19.9. The zero-order chi connectivity index (χ0) is 23.9. The molecule has 1 atom stereocenters. The number of aryl methyl sites for hydroxylation is 2. The first-order chi connectivity index (χ1) is 16.6. The quantitative estimate of drug-likeness (QED) is 0.452. The highest BCUT2D eigenvalue weighted by Gasteiger charge is 2.33. The average Bonchev–Trinajstić information content (AvgIpc) is 3.34. The van der Waals surface area contributed by atoms with Crippen LogP contribution in [-0.2, 0) is 27.2 Å². The summed E-state index contributed by atoms with van der Waals surface area (Å²) < 4.78 is 5.23. The van der Waals surface area contributed by atoms with Crippen LogP contribution < -0.4 is 0 Å². The summed E-state index contributed by atoms with van der Waals surface area (Å²) in [6, 6.07) is 20.4. The van der Waals surface area contributed by atoms with Gasteiger partial charge in [-0.25, -0.2) is 0 Å². The minimum atomic E-state index is -0.119. The van der Waals surface area contributed by atoms with Gasteiger partial charge < -0.3 is 14.5 Å². The van der Waals surface area contributed by atoms with Crippen LogP contribution in [0.1, 0.15) is 39.6 Å². The van der Waals surface area contributed by atoms with E-state index in [1.807, 2.05) is 35.2 Å². The van der Waals surface area contributed by atoms with Gasteiger partial charge in [0.05, 0.1) is 19.2 Å². The Kier molecular flexibility index (Phi) is 8.14. The van der Waals surface area contributed by atoms with E-state index < -0.39 is 0 Å². The van der Waals surface area contributed by atoms with Gasteiger partial charge in [-0.05, 0) is 47.9 Å². The van der Waals surface area contributed by atoms with Crippen LogP contribution in [0.15, 0.2) is 66.0 Å². The number of rotatable bonds is 9. The van der Waals surface area contributed by atoms with Gasteiger partial charge in [0.15, 0.2) is 0 Å². The lowest BCUT2D eigenvalue weighted by Gasteiger charge is -2.37. The first-order valence-electron chi connectivity index (χ1n) is 11.8. The molecule has 0 radical (unpaired) electrons. The predicted octanol–water partition coefficient (Wildman–Crippen LogP) is 4.64. The van der Waals surface area contributed by atoms with E-state index in [1.54, 1.807) is 23.3 Å². The molecule has 0 aliphatic carbocycles. The van der Waals surface area contributed by atoms with Crippen molar-refractivity contribution in [3.8, 4) is 0 Å². The number of amides is 2. The molecule has 2 amide bonds. The minimum Gasteiger partial charge on any atom is -0.383 e. The summed E-state index contributed by atoms with van der Waals surface area (Å²) in [5, 5.41) is 2.11. The van der Waals surface area contributed by atoms with Crippen LogP contribution >= 0.6 is 11.3 Å². The Morgan fingerprint density at radius 3 is 2.59 bits per heavy atom. The van der Waals surface area contributed by atoms with Crippen molar-refractivity contribution >= 4 is 23.2 Å². The first-order valence-corrected chi connectivity index (χ1v) is 12.7. The van der Waals surface area contributed by atoms with E-state index in [1.165, 1.54) is 16.0 Å². The summed E-state index contributed by atoms with van der Waals surface area (Å²) >= 11 is 1.76. The van der Waals surface area contributed by atoms with Gasteiger partial charge in [0.1, 0.15) is 0 Å². The Balaban J connectivity index is 1.51. The number of hydrogen-bond donors (Lipinski definition) is 0. The standard InChI is InChI=1S/C28H32N2O3S/c1-21-8-11-23(12-9-21)28-24-15-19-34-25(24)14-16-30(28)27(32)20-29(17-18-33-2)26(31)13-10-22-6-4-3-5-7-22/h3-9,11-12,15,19,28H,10,13-14,16-18,20H2,1-2H3. The fraction of sp³-hybridized carbons (Fsp3) is 0.357. The van der Waals surface area contributed by atoms with E-state index in [4.69, 9.17) is 4.74 Å². The number of fused-ring (bicyclic) bond motifs is 1. The molecular formula is C28H32N2O3S. The predicted molar refractivity (Wildman–Crippen MR) is 136 cm³/mol. The molecule has 0 N–H and O–H groups in total. The number of thiophene rings is 1. The van der Waals surface area contributed by atoms with Crippen molar-refractivity contribution in [2.75, 3.05) is 33.4 Å². The number of carbonyl (C=O) groups excluding carboxylic acids is 2. The molecule has 34 heavy (non-hydrogen) atoms. The second kappa shape index (κ2) is 11.4. The number of benzene rings is 2. The number of nitrogens with zero attached hydrogens (tertiary/aromatic N) is 2. The second-order valence-corrected chi connectivity index (χ2v) is 9.74. The molecule has 0 saturated carbocycles. The Labute approximate surface area is 206 Å². The molecule has 178 valence electrons. The molecule has 0 saturated heterocycles. The van der Waals surface area contributed by atoms with Crippen molar-refractivity contribution < 1.29 is 14.3 Å². The van der Waals surface area contributed by atoms with Crippen LogP contribution in [0.5, 0.6) is 0 Å². The Hall–Kier alpha value is -2.96. The monoisotopic (exact) mass is 476 g/mol. The van der Waals surface area contributed by atoms with Crippen molar-refractivity contribution in [3.63, 3.8) is 0 Å². The maximum absolute atomic E-state index is 13.6. The van der Waals surface area contributed by atoms with Gasteiger partial charge >= 0.3 is 0 Å². The Morgan fingerprint density at radius 1 is 1.09 bits per heavy atom. The SMILES string of the molecule is COCCN(CC(=O)N1CCc2sccc2C1c1ccc(C)cc1)C(=O)CCc1ccccc1. The van der Waals surface area contributed by atoms with Crippen LogP contribution in [0.25, 0.3) is 0 Å². The molecule has 3 aromatic rings. The van der Waals surface area contributed by atoms with Crippen molar-refractivity contribution in [1.82, 2.24) is 9.80 Å². The van der Waals surface area contributed by atoms with Crippen molar-refractivity contribution in [2.24, 2.45) is 0 Å². The third kappa shape index (κ3) is 5.75. The maximum Gasteiger partial charge on any atom is 0.242 e. The molecule has 0 bridgehead atoms. The van der Waals surface area contributed by atoms with Gasteiger partial charge in [0.25, 0.3) is 0 Å². The van der Waals surface area contributed by atoms with Crippen LogP contribution in [0.2, 0.25) is 0 Å². The fourth-order valence-electron chi connectivity index (χ4n) is 4.49. The summed E-state index contributed by atoms with van der Waals surface area (Å²) in [7, 11) is 1.62. The normalized spacial score (nSPS) is 15.1. The smallest absolute Gasteiger partial charge is 0.242 e. The molecule has 1 aliphatic heterocycles. The highest BCUT2D eigenvalue weighted by molar-refractivity contribution is 7.10. The van der Waals surface area contributed by atoms with E-state index in [-0.39, 0.29) is 24.4 Å². The second-order valence-electron chi connectivity index (χ2n) is 8.74. The molecule has 5 nitrogen and oxygen atoms in total. The topological polar surface area (TPSA) is 49.9 Å². The third-order valence-corrected chi connectivity index (χ3v) is 7.39. The largest absolute Gasteiger partial charge is 0.383 e. The summed E-state index contributed by atoms with van der Waals surface area (Å²) in [4.78, 5) is 31.7. The number of ether oxygens (including phenoxy) is 1. The van der Waals surface area contributed by atoms with E-state index in [9.17, 15) is 9.59 Å². The van der Waals surface area contributed by atoms with Gasteiger partial charge in [-0.2, -0.15) is 0 Å². The van der Waals surface area contributed by atoms with E-state index in [2.05, 4.69) is 42.6 Å². The lowest BCUT2D eigenvalue weighted by atomic mass is 9.92. The van der Waals surface area contributed by atoms with Crippen LogP contribution in [-0.4, -0.2) is 55.0 Å². The van der Waals surface area contributed by atoms with Crippen molar-refractivity contribution in [2.45, 2.75) is 32.2 Å². The highest BCUT2D eigenvalue weighted by atomic mass is 32.1. The minimum absolute atomic E-state index is 0.0191. The molecule has 4 rings (SSSR count). The molecule has 1 unspecified atom stereocenters. The van der Waals surface area contributed by atoms with Gasteiger partial charge in [-0.15, -0.1) is 11.3 Å². The van der Waals surface area contributed by atoms with Crippen molar-refractivity contribution in [3.05, 3.63) is 93.2 Å². The first kappa shape index (κ1) is 24.2. The van der Waals surface area contributed by atoms with E-state index >= 15 is 0 Å². The average molecular weight is 477 g/mol. The highest BCUT2D eigenvalue weighted by Crippen LogP contribution is 2.38. The Morgan fingerprint density at radius 2 is 1.85 bits per heavy atom. The molecule has 6 heteroatoms. The van der Waals surface area contributed by atoms with Crippen LogP contribution in [0, 0.1) is 6.92 Å². The van der Waals surface area contributed by atoms with Crippen molar-refractivity contribution in [1.29, 1.82) is 0 Å². The third-order valence-electron chi connectivity index (χ3n) is 6.39. The van der Waals surface area contributed by atoms with E-state index in [0.29, 0.717) is 32.5 Å². The summed E-state index contributed by atoms with van der Waals surface area (Å²) in [6.07, 6.45) is 1.88. The summed E-state index contributed by atoms with van der Waals surface area (Å²) in [5.74, 6) is -0.0408. The van der Waals surface area contributed by atoms with Gasteiger partial charge in [-0.1, -0.05) is 60.2 Å². The lowest BCUT2D eigenvalue weighted by molar-refractivity contribution is -0.142. The van der Waals surface area contributed by atoms with Gasteiger partial charge in [-0.3, -0.25) is 9.59 Å². The molecule has 2 heterocycles. The maximum atomic E-state index is 13.6. The molecule has 0 fully saturated rings.